The van der Waals surface area contributed by atoms with Crippen molar-refractivity contribution in [3.05, 3.63) is 46.2 Å². The quantitative estimate of drug-likeness (QED) is 0.207. The van der Waals surface area contributed by atoms with Gasteiger partial charge in [0, 0.05) is 33.7 Å². The molecule has 0 saturated carbocycles. The standard InChI is InChI=1S/C21H30N4O3S.HI/c1-22-21(24-12-6-11-23-20(26)19-7-5-14-29-19)25(2)13-10-16-8-9-17(27-3)18(15-16)28-4;/h5,7-9,14-15H,6,10-13H2,1-4H3,(H,22,24)(H,23,26);1H. The molecule has 166 valence electrons. The molecule has 2 aromatic rings. The van der Waals surface area contributed by atoms with Crippen molar-refractivity contribution < 1.29 is 14.3 Å². The number of ether oxygens (including phenoxy) is 2. The minimum Gasteiger partial charge on any atom is -0.493 e. The van der Waals surface area contributed by atoms with Crippen LogP contribution in [-0.2, 0) is 6.42 Å². The molecule has 1 aromatic heterocycles. The van der Waals surface area contributed by atoms with Gasteiger partial charge in [-0.25, -0.2) is 0 Å². The fraction of sp³-hybridized carbons (Fsp3) is 0.429. The zero-order valence-electron chi connectivity index (χ0n) is 17.9. The minimum absolute atomic E-state index is 0. The number of guanidine groups is 1. The van der Waals surface area contributed by atoms with Crippen LogP contribution in [0.4, 0.5) is 0 Å². The van der Waals surface area contributed by atoms with Gasteiger partial charge in [-0.05, 0) is 42.0 Å². The Hall–Kier alpha value is -2.01. The Labute approximate surface area is 199 Å². The number of halogens is 1. The summed E-state index contributed by atoms with van der Waals surface area (Å²) in [7, 11) is 7.05. The first-order chi connectivity index (χ1) is 14.1. The van der Waals surface area contributed by atoms with E-state index >= 15 is 0 Å². The third-order valence-electron chi connectivity index (χ3n) is 4.42. The predicted octanol–water partition coefficient (Wildman–Crippen LogP) is 3.25. The monoisotopic (exact) mass is 546 g/mol. The summed E-state index contributed by atoms with van der Waals surface area (Å²) in [5.74, 6) is 2.28. The number of methoxy groups -OCH3 is 2. The van der Waals surface area contributed by atoms with E-state index in [2.05, 4.69) is 20.5 Å². The Bertz CT molecular complexity index is 800. The van der Waals surface area contributed by atoms with Crippen LogP contribution in [0.3, 0.4) is 0 Å². The van der Waals surface area contributed by atoms with Gasteiger partial charge in [-0.3, -0.25) is 9.79 Å². The molecule has 0 atom stereocenters. The van der Waals surface area contributed by atoms with E-state index in [1.165, 1.54) is 16.9 Å². The molecular formula is C21H31IN4O3S. The van der Waals surface area contributed by atoms with Crippen molar-refractivity contribution in [1.29, 1.82) is 0 Å². The number of nitrogens with zero attached hydrogens (tertiary/aromatic N) is 2. The number of nitrogens with one attached hydrogen (secondary N) is 2. The molecule has 2 rings (SSSR count). The lowest BCUT2D eigenvalue weighted by Crippen LogP contribution is -2.41. The Morgan fingerprint density at radius 1 is 1.13 bits per heavy atom. The number of thiophene rings is 1. The average molecular weight is 546 g/mol. The largest absolute Gasteiger partial charge is 0.493 e. The molecule has 30 heavy (non-hydrogen) atoms. The molecule has 2 N–H and O–H groups in total. The number of amides is 1. The molecule has 0 aliphatic heterocycles. The second kappa shape index (κ2) is 14.1. The summed E-state index contributed by atoms with van der Waals surface area (Å²) in [6.07, 6.45) is 1.67. The van der Waals surface area contributed by atoms with Crippen LogP contribution < -0.4 is 20.1 Å². The molecule has 1 aromatic carbocycles. The lowest BCUT2D eigenvalue weighted by molar-refractivity contribution is 0.0957. The average Bonchev–Trinajstić information content (AvgIpc) is 3.29. The summed E-state index contributed by atoms with van der Waals surface area (Å²) in [5, 5.41) is 8.17. The van der Waals surface area contributed by atoms with Crippen LogP contribution in [0.15, 0.2) is 40.7 Å². The van der Waals surface area contributed by atoms with Crippen molar-refractivity contribution >= 4 is 47.2 Å². The number of benzene rings is 1. The first-order valence-corrected chi connectivity index (χ1v) is 10.4. The summed E-state index contributed by atoms with van der Waals surface area (Å²) in [5.41, 5.74) is 1.17. The fourth-order valence-electron chi connectivity index (χ4n) is 2.81. The van der Waals surface area contributed by atoms with E-state index in [1.54, 1.807) is 21.3 Å². The van der Waals surface area contributed by atoms with Crippen LogP contribution in [-0.4, -0.2) is 64.7 Å². The number of hydrogen-bond acceptors (Lipinski definition) is 5. The molecule has 0 saturated heterocycles. The molecule has 0 aliphatic rings. The number of carbonyl (C=O) groups excluding carboxylic acids is 1. The third kappa shape index (κ3) is 8.02. The molecule has 0 bridgehead atoms. The van der Waals surface area contributed by atoms with Gasteiger partial charge in [0.25, 0.3) is 5.91 Å². The number of hydrogen-bond donors (Lipinski definition) is 2. The molecule has 0 aliphatic carbocycles. The number of likely N-dealkylation sites (N-methyl/N-ethyl adjacent to an activating group) is 1. The fourth-order valence-corrected chi connectivity index (χ4v) is 3.45. The van der Waals surface area contributed by atoms with Gasteiger partial charge in [-0.1, -0.05) is 12.1 Å². The topological polar surface area (TPSA) is 75.2 Å². The summed E-state index contributed by atoms with van der Waals surface area (Å²) >= 11 is 1.45. The lowest BCUT2D eigenvalue weighted by atomic mass is 10.1. The Kier molecular flexibility index (Phi) is 12.2. The first kappa shape index (κ1) is 26.0. The minimum atomic E-state index is -0.0172. The highest BCUT2D eigenvalue weighted by Crippen LogP contribution is 2.27. The van der Waals surface area contributed by atoms with Crippen LogP contribution in [0.2, 0.25) is 0 Å². The summed E-state index contributed by atoms with van der Waals surface area (Å²) < 4.78 is 10.6. The Balaban J connectivity index is 0.00000450. The summed E-state index contributed by atoms with van der Waals surface area (Å²) in [6.45, 7) is 2.17. The van der Waals surface area contributed by atoms with Crippen LogP contribution in [0.5, 0.6) is 11.5 Å². The molecule has 0 spiro atoms. The second-order valence-electron chi connectivity index (χ2n) is 6.42. The van der Waals surface area contributed by atoms with Crippen molar-refractivity contribution in [2.24, 2.45) is 4.99 Å². The van der Waals surface area contributed by atoms with Gasteiger partial charge >= 0.3 is 0 Å². The van der Waals surface area contributed by atoms with E-state index in [0.717, 1.165) is 48.3 Å². The van der Waals surface area contributed by atoms with E-state index < -0.39 is 0 Å². The van der Waals surface area contributed by atoms with Crippen molar-refractivity contribution in [3.8, 4) is 11.5 Å². The van der Waals surface area contributed by atoms with Crippen LogP contribution in [0.1, 0.15) is 21.7 Å². The SMILES string of the molecule is CN=C(NCCCNC(=O)c1cccs1)N(C)CCc1ccc(OC)c(OC)c1.I. The Morgan fingerprint density at radius 3 is 2.50 bits per heavy atom. The third-order valence-corrected chi connectivity index (χ3v) is 5.29. The highest BCUT2D eigenvalue weighted by Gasteiger charge is 2.09. The van der Waals surface area contributed by atoms with Crippen LogP contribution in [0.25, 0.3) is 0 Å². The normalized spacial score (nSPS) is 10.7. The molecule has 0 fully saturated rings. The van der Waals surface area contributed by atoms with Gasteiger partial charge in [0.1, 0.15) is 0 Å². The van der Waals surface area contributed by atoms with Gasteiger partial charge in [0.05, 0.1) is 19.1 Å². The van der Waals surface area contributed by atoms with Crippen molar-refractivity contribution in [2.75, 3.05) is 47.9 Å². The maximum Gasteiger partial charge on any atom is 0.261 e. The Morgan fingerprint density at radius 2 is 1.87 bits per heavy atom. The highest BCUT2D eigenvalue weighted by molar-refractivity contribution is 14.0. The molecule has 1 amide bonds. The molecule has 0 radical (unpaired) electrons. The van der Waals surface area contributed by atoms with Crippen molar-refractivity contribution in [1.82, 2.24) is 15.5 Å². The first-order valence-electron chi connectivity index (χ1n) is 9.53. The van der Waals surface area contributed by atoms with E-state index in [1.807, 2.05) is 42.8 Å². The van der Waals surface area contributed by atoms with Crippen molar-refractivity contribution in [3.63, 3.8) is 0 Å². The molecule has 9 heteroatoms. The van der Waals surface area contributed by atoms with Crippen LogP contribution in [0, 0.1) is 0 Å². The van der Waals surface area contributed by atoms with Gasteiger partial charge in [-0.2, -0.15) is 0 Å². The van der Waals surface area contributed by atoms with E-state index in [9.17, 15) is 4.79 Å². The summed E-state index contributed by atoms with van der Waals surface area (Å²) in [6, 6.07) is 9.67. The zero-order valence-corrected chi connectivity index (χ0v) is 21.1. The lowest BCUT2D eigenvalue weighted by Gasteiger charge is -2.22. The molecular weight excluding hydrogens is 515 g/mol. The zero-order chi connectivity index (χ0) is 21.1. The number of aliphatic imine (C=N–C) groups is 1. The van der Waals surface area contributed by atoms with Crippen molar-refractivity contribution in [2.45, 2.75) is 12.8 Å². The van der Waals surface area contributed by atoms with Gasteiger partial charge in [-0.15, -0.1) is 35.3 Å². The highest BCUT2D eigenvalue weighted by atomic mass is 127. The second-order valence-corrected chi connectivity index (χ2v) is 7.37. The van der Waals surface area contributed by atoms with Crippen LogP contribution >= 0.6 is 35.3 Å². The van der Waals surface area contributed by atoms with Gasteiger partial charge in [0.2, 0.25) is 0 Å². The van der Waals surface area contributed by atoms with E-state index in [4.69, 9.17) is 9.47 Å². The van der Waals surface area contributed by atoms with Gasteiger partial charge < -0.3 is 25.0 Å². The maximum atomic E-state index is 11.9. The summed E-state index contributed by atoms with van der Waals surface area (Å²) in [4.78, 5) is 19.1. The van der Waals surface area contributed by atoms with Gasteiger partial charge in [0.15, 0.2) is 17.5 Å². The molecule has 0 unspecified atom stereocenters. The smallest absolute Gasteiger partial charge is 0.261 e. The molecule has 1 heterocycles. The van der Waals surface area contributed by atoms with E-state index in [-0.39, 0.29) is 29.9 Å². The molecule has 7 nitrogen and oxygen atoms in total. The predicted molar refractivity (Wildman–Crippen MR) is 134 cm³/mol. The van der Waals surface area contributed by atoms with E-state index in [0.29, 0.717) is 6.54 Å². The number of carbonyl (C=O) groups is 1. The maximum absolute atomic E-state index is 11.9. The number of rotatable bonds is 10.